The van der Waals surface area contributed by atoms with Gasteiger partial charge in [0.25, 0.3) is 0 Å². The first-order valence-electron chi connectivity index (χ1n) is 7.46. The molecule has 8 heteroatoms. The zero-order chi connectivity index (χ0) is 18.5. The lowest BCUT2D eigenvalue weighted by molar-refractivity contribution is 0.480. The van der Waals surface area contributed by atoms with Crippen LogP contribution in [0.1, 0.15) is 0 Å². The minimum Gasteiger partial charge on any atom is -0.506 e. The van der Waals surface area contributed by atoms with Gasteiger partial charge in [-0.05, 0) is 41.0 Å². The first-order chi connectivity index (χ1) is 12.6. The van der Waals surface area contributed by atoms with E-state index in [-0.39, 0.29) is 17.3 Å². The molecule has 4 rings (SSSR count). The van der Waals surface area contributed by atoms with Crippen LogP contribution in [0.4, 0.5) is 5.82 Å². The standard InChI is InChI=1S/C9H6ClNO.C9H6N4O/c10-8-5-4-6-2-1-3-7(12)9(6)11-8;10-13-12-8-5-4-6-2-1-3-7(14)9(6)11-8/h1-5,12H;1-5,14H. The molecule has 0 saturated heterocycles. The summed E-state index contributed by atoms with van der Waals surface area (Å²) >= 11 is 5.67. The van der Waals surface area contributed by atoms with Crippen molar-refractivity contribution in [1.29, 1.82) is 0 Å². The molecular formula is C18H12ClN5O2. The van der Waals surface area contributed by atoms with E-state index in [4.69, 9.17) is 17.1 Å². The van der Waals surface area contributed by atoms with Gasteiger partial charge in [-0.15, -0.1) is 0 Å². The summed E-state index contributed by atoms with van der Waals surface area (Å²) in [6, 6.07) is 17.2. The maximum absolute atomic E-state index is 9.47. The molecule has 0 aliphatic heterocycles. The summed E-state index contributed by atoms with van der Waals surface area (Å²) < 4.78 is 0. The molecule has 2 heterocycles. The number of benzene rings is 2. The van der Waals surface area contributed by atoms with Crippen LogP contribution in [0.3, 0.4) is 0 Å². The van der Waals surface area contributed by atoms with Gasteiger partial charge in [-0.1, -0.05) is 41.9 Å². The first kappa shape index (κ1) is 17.3. The topological polar surface area (TPSA) is 115 Å². The van der Waals surface area contributed by atoms with E-state index in [1.54, 1.807) is 36.4 Å². The van der Waals surface area contributed by atoms with E-state index >= 15 is 0 Å². The third-order valence-corrected chi connectivity index (χ3v) is 3.71. The number of phenolic OH excluding ortho intramolecular Hbond substituents is 2. The van der Waals surface area contributed by atoms with E-state index in [2.05, 4.69) is 20.0 Å². The van der Waals surface area contributed by atoms with Crippen LogP contribution in [-0.2, 0) is 0 Å². The zero-order valence-electron chi connectivity index (χ0n) is 13.3. The number of fused-ring (bicyclic) bond motifs is 2. The second-order valence-electron chi connectivity index (χ2n) is 5.19. The van der Waals surface area contributed by atoms with Crippen LogP contribution in [-0.4, -0.2) is 20.2 Å². The largest absolute Gasteiger partial charge is 0.506 e. The molecule has 2 N–H and O–H groups in total. The molecule has 0 saturated carbocycles. The van der Waals surface area contributed by atoms with Crippen LogP contribution in [0.25, 0.3) is 32.2 Å². The molecule has 2 aromatic carbocycles. The Balaban J connectivity index is 0.000000152. The summed E-state index contributed by atoms with van der Waals surface area (Å²) in [5.41, 5.74) is 9.21. The lowest BCUT2D eigenvalue weighted by Crippen LogP contribution is -1.79. The number of pyridine rings is 2. The van der Waals surface area contributed by atoms with Crippen molar-refractivity contribution in [2.24, 2.45) is 5.11 Å². The second-order valence-corrected chi connectivity index (χ2v) is 5.58. The maximum atomic E-state index is 9.47. The van der Waals surface area contributed by atoms with Crippen molar-refractivity contribution in [3.63, 3.8) is 0 Å². The number of halogens is 1. The lowest BCUT2D eigenvalue weighted by Gasteiger charge is -1.99. The number of hydrogen-bond acceptors (Lipinski definition) is 5. The van der Waals surface area contributed by atoms with Gasteiger partial charge in [0.05, 0.1) is 0 Å². The van der Waals surface area contributed by atoms with Crippen molar-refractivity contribution in [3.8, 4) is 11.5 Å². The summed E-state index contributed by atoms with van der Waals surface area (Å²) in [7, 11) is 0. The molecule has 0 bridgehead atoms. The Morgan fingerprint density at radius 3 is 2.00 bits per heavy atom. The van der Waals surface area contributed by atoms with Crippen LogP contribution < -0.4 is 0 Å². The molecule has 0 radical (unpaired) electrons. The van der Waals surface area contributed by atoms with Gasteiger partial charge < -0.3 is 10.2 Å². The number of azide groups is 1. The summed E-state index contributed by atoms with van der Waals surface area (Å²) in [4.78, 5) is 10.6. The Kier molecular flexibility index (Phi) is 5.03. The number of nitrogens with zero attached hydrogens (tertiary/aromatic N) is 5. The SMILES string of the molecule is Oc1cccc2ccc(Cl)nc12.[N-]=[N+]=Nc1ccc2cccc(O)c2n1. The average Bonchev–Trinajstić information content (AvgIpc) is 2.64. The summed E-state index contributed by atoms with van der Waals surface area (Å²) in [5.74, 6) is 0.494. The minimum atomic E-state index is 0.0810. The normalized spacial score (nSPS) is 10.0. The number of aromatic nitrogens is 2. The van der Waals surface area contributed by atoms with Crippen molar-refractivity contribution in [1.82, 2.24) is 9.97 Å². The van der Waals surface area contributed by atoms with E-state index in [0.29, 0.717) is 16.2 Å². The van der Waals surface area contributed by atoms with E-state index < -0.39 is 0 Å². The summed E-state index contributed by atoms with van der Waals surface area (Å²) in [5, 5.41) is 24.3. The molecule has 26 heavy (non-hydrogen) atoms. The van der Waals surface area contributed by atoms with Crippen LogP contribution in [0.2, 0.25) is 5.15 Å². The Morgan fingerprint density at radius 2 is 1.38 bits per heavy atom. The minimum absolute atomic E-state index is 0.0810. The fraction of sp³-hybridized carbons (Fsp3) is 0. The highest BCUT2D eigenvalue weighted by Crippen LogP contribution is 2.25. The van der Waals surface area contributed by atoms with Crippen molar-refractivity contribution in [2.45, 2.75) is 0 Å². The number of para-hydroxylation sites is 2. The number of hydrogen-bond donors (Lipinski definition) is 2. The van der Waals surface area contributed by atoms with E-state index in [0.717, 1.165) is 10.8 Å². The van der Waals surface area contributed by atoms with Crippen LogP contribution >= 0.6 is 11.6 Å². The summed E-state index contributed by atoms with van der Waals surface area (Å²) in [6.07, 6.45) is 0. The summed E-state index contributed by atoms with van der Waals surface area (Å²) in [6.45, 7) is 0. The molecule has 2 aromatic heterocycles. The smallest absolute Gasteiger partial charge is 0.141 e. The van der Waals surface area contributed by atoms with Crippen molar-refractivity contribution in [2.75, 3.05) is 0 Å². The van der Waals surface area contributed by atoms with Crippen molar-refractivity contribution >= 4 is 39.2 Å². The van der Waals surface area contributed by atoms with E-state index in [1.807, 2.05) is 18.2 Å². The molecule has 0 spiro atoms. The van der Waals surface area contributed by atoms with E-state index in [1.165, 1.54) is 6.07 Å². The number of aromatic hydroxyl groups is 2. The van der Waals surface area contributed by atoms with Gasteiger partial charge in [0.15, 0.2) is 0 Å². The Hall–Kier alpha value is -3.54. The number of rotatable bonds is 1. The van der Waals surface area contributed by atoms with Gasteiger partial charge in [-0.25, -0.2) is 9.97 Å². The third kappa shape index (κ3) is 3.75. The van der Waals surface area contributed by atoms with Gasteiger partial charge in [-0.3, -0.25) is 0 Å². The quantitative estimate of drug-likeness (QED) is 0.201. The molecule has 0 atom stereocenters. The molecule has 0 amide bonds. The third-order valence-electron chi connectivity index (χ3n) is 3.50. The van der Waals surface area contributed by atoms with Crippen LogP contribution in [0, 0.1) is 0 Å². The monoisotopic (exact) mass is 365 g/mol. The molecule has 128 valence electrons. The maximum Gasteiger partial charge on any atom is 0.141 e. The van der Waals surface area contributed by atoms with Crippen LogP contribution in [0.15, 0.2) is 65.8 Å². The molecule has 0 aliphatic carbocycles. The predicted molar refractivity (Wildman–Crippen MR) is 101 cm³/mol. The first-order valence-corrected chi connectivity index (χ1v) is 7.84. The fourth-order valence-electron chi connectivity index (χ4n) is 2.33. The van der Waals surface area contributed by atoms with Gasteiger partial charge >= 0.3 is 0 Å². The molecular weight excluding hydrogens is 354 g/mol. The highest BCUT2D eigenvalue weighted by molar-refractivity contribution is 6.29. The molecule has 0 unspecified atom stereocenters. The van der Waals surface area contributed by atoms with Gasteiger partial charge in [-0.2, -0.15) is 0 Å². The van der Waals surface area contributed by atoms with Gasteiger partial charge in [0.1, 0.15) is 33.5 Å². The van der Waals surface area contributed by atoms with Gasteiger partial charge in [0, 0.05) is 15.7 Å². The Bertz CT molecular complexity index is 1140. The van der Waals surface area contributed by atoms with E-state index in [9.17, 15) is 10.2 Å². The predicted octanol–water partition coefficient (Wildman–Crippen LogP) is 5.48. The molecule has 4 aromatic rings. The Morgan fingerprint density at radius 1 is 0.808 bits per heavy atom. The van der Waals surface area contributed by atoms with Crippen molar-refractivity contribution in [3.05, 3.63) is 76.3 Å². The van der Waals surface area contributed by atoms with Gasteiger partial charge in [0.2, 0.25) is 0 Å². The second kappa shape index (κ2) is 7.57. The molecule has 0 aliphatic rings. The lowest BCUT2D eigenvalue weighted by atomic mass is 10.2. The molecule has 7 nitrogen and oxygen atoms in total. The number of phenols is 2. The highest BCUT2D eigenvalue weighted by atomic mass is 35.5. The molecule has 0 fully saturated rings. The highest BCUT2D eigenvalue weighted by Gasteiger charge is 2.01. The zero-order valence-corrected chi connectivity index (χ0v) is 14.0. The van der Waals surface area contributed by atoms with Crippen LogP contribution in [0.5, 0.6) is 11.5 Å². The fourth-order valence-corrected chi connectivity index (χ4v) is 2.48. The Labute approximate surface area is 152 Å². The average molecular weight is 366 g/mol. The van der Waals surface area contributed by atoms with Crippen molar-refractivity contribution < 1.29 is 10.2 Å².